The van der Waals surface area contributed by atoms with Crippen LogP contribution >= 0.6 is 0 Å². The number of aliphatic imine (C=N–C) groups is 1. The zero-order chi connectivity index (χ0) is 13.3. The van der Waals surface area contributed by atoms with Gasteiger partial charge in [0.2, 0.25) is 0 Å². The molecule has 4 nitrogen and oxygen atoms in total. The second kappa shape index (κ2) is 8.14. The monoisotopic (exact) mass is 253 g/mol. The molecule has 1 rings (SSSR count). The Labute approximate surface area is 111 Å². The molecule has 0 heterocycles. The van der Waals surface area contributed by atoms with E-state index in [1.54, 1.807) is 0 Å². The molecule has 1 saturated carbocycles. The first-order valence-electron chi connectivity index (χ1n) is 6.97. The van der Waals surface area contributed by atoms with Gasteiger partial charge in [-0.3, -0.25) is 4.99 Å². The molecule has 2 N–H and O–H groups in total. The van der Waals surface area contributed by atoms with Gasteiger partial charge in [0, 0.05) is 32.8 Å². The van der Waals surface area contributed by atoms with Gasteiger partial charge in [-0.25, -0.2) is 0 Å². The number of guanidine groups is 1. The average Bonchev–Trinajstić information content (AvgIpc) is 3.14. The summed E-state index contributed by atoms with van der Waals surface area (Å²) < 4.78 is 5.44. The van der Waals surface area contributed by atoms with Crippen molar-refractivity contribution >= 4 is 5.96 Å². The van der Waals surface area contributed by atoms with E-state index in [0.717, 1.165) is 45.2 Å². The van der Waals surface area contributed by atoms with Crippen LogP contribution in [-0.4, -0.2) is 38.8 Å². The molecular formula is C14H27N3O. The van der Waals surface area contributed by atoms with Gasteiger partial charge in [-0.05, 0) is 38.5 Å². The standard InChI is InChI=1S/C14H27N3O/c1-4-10-16-13(15-5-2)17-12-14(7-8-14)9-11-18-6-3/h4H,1,5-12H2,2-3H3,(H2,15,16,17). The van der Waals surface area contributed by atoms with Crippen molar-refractivity contribution in [3.8, 4) is 0 Å². The van der Waals surface area contributed by atoms with E-state index in [2.05, 4.69) is 29.1 Å². The molecule has 0 spiro atoms. The minimum absolute atomic E-state index is 0.408. The Morgan fingerprint density at radius 2 is 2.17 bits per heavy atom. The van der Waals surface area contributed by atoms with Crippen LogP contribution in [0.3, 0.4) is 0 Å². The Hall–Kier alpha value is -1.03. The minimum Gasteiger partial charge on any atom is -0.382 e. The lowest BCUT2D eigenvalue weighted by molar-refractivity contribution is 0.129. The maximum Gasteiger partial charge on any atom is 0.191 e. The van der Waals surface area contributed by atoms with E-state index < -0.39 is 0 Å². The van der Waals surface area contributed by atoms with Crippen LogP contribution < -0.4 is 10.6 Å². The molecule has 104 valence electrons. The molecular weight excluding hydrogens is 226 g/mol. The number of hydrogen-bond donors (Lipinski definition) is 2. The van der Waals surface area contributed by atoms with Crippen LogP contribution in [0.5, 0.6) is 0 Å². The molecule has 1 aliphatic rings. The third-order valence-electron chi connectivity index (χ3n) is 3.27. The van der Waals surface area contributed by atoms with Crippen molar-refractivity contribution in [2.45, 2.75) is 33.1 Å². The molecule has 0 aromatic heterocycles. The predicted molar refractivity (Wildman–Crippen MR) is 77.0 cm³/mol. The normalized spacial score (nSPS) is 17.3. The summed E-state index contributed by atoms with van der Waals surface area (Å²) in [6.45, 7) is 12.0. The quantitative estimate of drug-likeness (QED) is 0.286. The number of ether oxygens (including phenoxy) is 1. The van der Waals surface area contributed by atoms with Crippen molar-refractivity contribution in [2.24, 2.45) is 10.4 Å². The number of nitrogens with one attached hydrogen (secondary N) is 2. The summed E-state index contributed by atoms with van der Waals surface area (Å²) in [5.74, 6) is 0.889. The highest BCUT2D eigenvalue weighted by Crippen LogP contribution is 2.48. The Bertz CT molecular complexity index is 272. The lowest BCUT2D eigenvalue weighted by Crippen LogP contribution is -2.37. The zero-order valence-electron chi connectivity index (χ0n) is 11.8. The van der Waals surface area contributed by atoms with Crippen LogP contribution in [0.1, 0.15) is 33.1 Å². The van der Waals surface area contributed by atoms with Gasteiger partial charge in [-0.2, -0.15) is 0 Å². The summed E-state index contributed by atoms with van der Waals surface area (Å²) in [7, 11) is 0. The molecule has 0 amide bonds. The minimum atomic E-state index is 0.408. The first-order valence-corrected chi connectivity index (χ1v) is 6.97. The summed E-state index contributed by atoms with van der Waals surface area (Å²) >= 11 is 0. The molecule has 0 saturated heterocycles. The van der Waals surface area contributed by atoms with Gasteiger partial charge in [0.1, 0.15) is 0 Å². The Kier molecular flexibility index (Phi) is 6.80. The maximum atomic E-state index is 5.44. The van der Waals surface area contributed by atoms with Crippen LogP contribution in [0.25, 0.3) is 0 Å². The zero-order valence-corrected chi connectivity index (χ0v) is 11.8. The number of rotatable bonds is 9. The van der Waals surface area contributed by atoms with E-state index in [9.17, 15) is 0 Å². The van der Waals surface area contributed by atoms with E-state index in [1.165, 1.54) is 12.8 Å². The summed E-state index contributed by atoms with van der Waals surface area (Å²) in [6, 6.07) is 0. The molecule has 0 bridgehead atoms. The van der Waals surface area contributed by atoms with Gasteiger partial charge in [0.05, 0.1) is 0 Å². The predicted octanol–water partition coefficient (Wildman–Crippen LogP) is 1.93. The summed E-state index contributed by atoms with van der Waals surface area (Å²) in [5.41, 5.74) is 0.408. The summed E-state index contributed by atoms with van der Waals surface area (Å²) in [6.07, 6.45) is 5.54. The molecule has 0 aliphatic heterocycles. The molecule has 0 aromatic carbocycles. The van der Waals surface area contributed by atoms with Gasteiger partial charge in [0.25, 0.3) is 0 Å². The molecule has 0 unspecified atom stereocenters. The van der Waals surface area contributed by atoms with Crippen molar-refractivity contribution in [1.82, 2.24) is 10.6 Å². The Balaban J connectivity index is 2.35. The average molecular weight is 253 g/mol. The molecule has 0 atom stereocenters. The van der Waals surface area contributed by atoms with Gasteiger partial charge in [-0.1, -0.05) is 6.08 Å². The van der Waals surface area contributed by atoms with Gasteiger partial charge in [0.15, 0.2) is 5.96 Å². The fraction of sp³-hybridized carbons (Fsp3) is 0.786. The van der Waals surface area contributed by atoms with Crippen molar-refractivity contribution in [3.63, 3.8) is 0 Å². The lowest BCUT2D eigenvalue weighted by Gasteiger charge is -2.14. The molecule has 18 heavy (non-hydrogen) atoms. The Morgan fingerprint density at radius 1 is 1.39 bits per heavy atom. The van der Waals surface area contributed by atoms with Gasteiger partial charge in [-0.15, -0.1) is 6.58 Å². The second-order valence-corrected chi connectivity index (χ2v) is 4.81. The third kappa shape index (κ3) is 5.54. The van der Waals surface area contributed by atoms with E-state index in [0.29, 0.717) is 5.41 Å². The largest absolute Gasteiger partial charge is 0.382 e. The third-order valence-corrected chi connectivity index (χ3v) is 3.27. The van der Waals surface area contributed by atoms with Gasteiger partial charge >= 0.3 is 0 Å². The summed E-state index contributed by atoms with van der Waals surface area (Å²) in [5, 5.41) is 6.47. The first-order chi connectivity index (χ1) is 8.76. The van der Waals surface area contributed by atoms with Crippen LogP contribution in [0.15, 0.2) is 17.6 Å². The molecule has 1 fully saturated rings. The number of nitrogens with zero attached hydrogens (tertiary/aromatic N) is 1. The molecule has 0 radical (unpaired) electrons. The van der Waals surface area contributed by atoms with Crippen molar-refractivity contribution in [1.29, 1.82) is 0 Å². The maximum absolute atomic E-state index is 5.44. The molecule has 0 aromatic rings. The first kappa shape index (κ1) is 15.0. The lowest BCUT2D eigenvalue weighted by atomic mass is 10.0. The SMILES string of the molecule is C=CCNC(=NCC1(CCOCC)CC1)NCC. The van der Waals surface area contributed by atoms with E-state index in [1.807, 2.05) is 13.0 Å². The highest BCUT2D eigenvalue weighted by Gasteiger charge is 2.41. The van der Waals surface area contributed by atoms with E-state index in [-0.39, 0.29) is 0 Å². The van der Waals surface area contributed by atoms with Crippen LogP contribution in [0, 0.1) is 5.41 Å². The Morgan fingerprint density at radius 3 is 2.72 bits per heavy atom. The topological polar surface area (TPSA) is 45.7 Å². The van der Waals surface area contributed by atoms with E-state index >= 15 is 0 Å². The van der Waals surface area contributed by atoms with Crippen LogP contribution in [-0.2, 0) is 4.74 Å². The number of hydrogen-bond acceptors (Lipinski definition) is 2. The van der Waals surface area contributed by atoms with E-state index in [4.69, 9.17) is 4.74 Å². The van der Waals surface area contributed by atoms with Crippen LogP contribution in [0.2, 0.25) is 0 Å². The van der Waals surface area contributed by atoms with Crippen molar-refractivity contribution < 1.29 is 4.74 Å². The highest BCUT2D eigenvalue weighted by molar-refractivity contribution is 5.79. The summed E-state index contributed by atoms with van der Waals surface area (Å²) in [4.78, 5) is 4.65. The fourth-order valence-corrected chi connectivity index (χ4v) is 1.85. The fourth-order valence-electron chi connectivity index (χ4n) is 1.85. The highest BCUT2D eigenvalue weighted by atomic mass is 16.5. The smallest absolute Gasteiger partial charge is 0.191 e. The van der Waals surface area contributed by atoms with Crippen LogP contribution in [0.4, 0.5) is 0 Å². The molecule has 1 aliphatic carbocycles. The van der Waals surface area contributed by atoms with Crippen molar-refractivity contribution in [3.05, 3.63) is 12.7 Å². The van der Waals surface area contributed by atoms with Crippen molar-refractivity contribution in [2.75, 3.05) is 32.8 Å². The van der Waals surface area contributed by atoms with Gasteiger partial charge < -0.3 is 15.4 Å². The second-order valence-electron chi connectivity index (χ2n) is 4.81. The molecule has 4 heteroatoms.